The predicted molar refractivity (Wildman–Crippen MR) is 83.1 cm³/mol. The third kappa shape index (κ3) is 4.13. The lowest BCUT2D eigenvalue weighted by Gasteiger charge is -2.12. The van der Waals surface area contributed by atoms with E-state index in [9.17, 15) is 4.79 Å². The first-order valence-electron chi connectivity index (χ1n) is 6.46. The van der Waals surface area contributed by atoms with Gasteiger partial charge in [0.1, 0.15) is 5.75 Å². The van der Waals surface area contributed by atoms with Gasteiger partial charge in [0.25, 0.3) is 0 Å². The lowest BCUT2D eigenvalue weighted by molar-refractivity contribution is -0.136. The third-order valence-corrected chi connectivity index (χ3v) is 3.41. The average molecular weight is 306 g/mol. The van der Waals surface area contributed by atoms with E-state index >= 15 is 0 Å². The van der Waals surface area contributed by atoms with Crippen molar-refractivity contribution in [3.05, 3.63) is 58.6 Å². The second-order valence-electron chi connectivity index (χ2n) is 4.54. The van der Waals surface area contributed by atoms with Crippen LogP contribution >= 0.6 is 11.6 Å². The van der Waals surface area contributed by atoms with Crippen LogP contribution in [-0.4, -0.2) is 18.2 Å². The van der Waals surface area contributed by atoms with Crippen LogP contribution in [0.4, 0.5) is 5.69 Å². The number of halogens is 1. The minimum Gasteiger partial charge on any atom is -0.495 e. The van der Waals surface area contributed by atoms with E-state index < -0.39 is 5.97 Å². The molecule has 0 heterocycles. The molecular formula is C16H16ClNO3. The number of carbonyl (C=O) groups is 1. The van der Waals surface area contributed by atoms with E-state index in [2.05, 4.69) is 5.32 Å². The fourth-order valence-electron chi connectivity index (χ4n) is 2.03. The molecule has 4 nitrogen and oxygen atoms in total. The summed E-state index contributed by atoms with van der Waals surface area (Å²) in [5, 5.41) is 12.7. The molecule has 2 rings (SSSR count). The Hall–Kier alpha value is -2.20. The molecule has 110 valence electrons. The Morgan fingerprint density at radius 1 is 1.24 bits per heavy atom. The molecule has 5 heteroatoms. The van der Waals surface area contributed by atoms with Crippen molar-refractivity contribution in [2.45, 2.75) is 13.0 Å². The van der Waals surface area contributed by atoms with Crippen molar-refractivity contribution in [3.63, 3.8) is 0 Å². The summed E-state index contributed by atoms with van der Waals surface area (Å²) in [6, 6.07) is 12.9. The van der Waals surface area contributed by atoms with Gasteiger partial charge in [0.2, 0.25) is 0 Å². The molecule has 0 aliphatic carbocycles. The lowest BCUT2D eigenvalue weighted by atomic mass is 10.0. The molecule has 0 saturated carbocycles. The zero-order valence-corrected chi connectivity index (χ0v) is 12.4. The fourth-order valence-corrected chi connectivity index (χ4v) is 2.23. The van der Waals surface area contributed by atoms with Crippen LogP contribution in [0.25, 0.3) is 0 Å². The van der Waals surface area contributed by atoms with Crippen LogP contribution in [0.2, 0.25) is 5.02 Å². The molecule has 0 aliphatic heterocycles. The molecule has 0 unspecified atom stereocenters. The number of ether oxygens (including phenoxy) is 1. The Morgan fingerprint density at radius 2 is 1.95 bits per heavy atom. The van der Waals surface area contributed by atoms with Gasteiger partial charge in [0, 0.05) is 18.3 Å². The largest absolute Gasteiger partial charge is 0.495 e. The van der Waals surface area contributed by atoms with Crippen LogP contribution in [0.15, 0.2) is 42.5 Å². The van der Waals surface area contributed by atoms with E-state index in [0.29, 0.717) is 17.3 Å². The number of carboxylic acids is 1. The van der Waals surface area contributed by atoms with Gasteiger partial charge >= 0.3 is 5.97 Å². The van der Waals surface area contributed by atoms with Gasteiger partial charge in [0.05, 0.1) is 18.6 Å². The van der Waals surface area contributed by atoms with E-state index in [-0.39, 0.29) is 6.42 Å². The second kappa shape index (κ2) is 6.99. The fraction of sp³-hybridized carbons (Fsp3) is 0.188. The summed E-state index contributed by atoms with van der Waals surface area (Å²) in [4.78, 5) is 10.9. The second-order valence-corrected chi connectivity index (χ2v) is 4.95. The summed E-state index contributed by atoms with van der Waals surface area (Å²) in [7, 11) is 1.56. The van der Waals surface area contributed by atoms with Crippen LogP contribution < -0.4 is 10.1 Å². The molecule has 0 atom stereocenters. The maximum Gasteiger partial charge on any atom is 0.307 e. The van der Waals surface area contributed by atoms with Gasteiger partial charge in [-0.15, -0.1) is 0 Å². The summed E-state index contributed by atoms with van der Waals surface area (Å²) in [5.74, 6) is -0.240. The molecule has 0 aliphatic rings. The van der Waals surface area contributed by atoms with Crippen LogP contribution in [0.1, 0.15) is 11.1 Å². The van der Waals surface area contributed by atoms with Crippen LogP contribution in [0.3, 0.4) is 0 Å². The number of aliphatic carboxylic acids is 1. The molecule has 0 saturated heterocycles. The van der Waals surface area contributed by atoms with Gasteiger partial charge in [-0.2, -0.15) is 0 Å². The van der Waals surface area contributed by atoms with E-state index in [1.165, 1.54) is 0 Å². The van der Waals surface area contributed by atoms with Crippen molar-refractivity contribution in [2.24, 2.45) is 0 Å². The molecule has 0 aromatic heterocycles. The van der Waals surface area contributed by atoms with E-state index in [0.717, 1.165) is 16.8 Å². The molecule has 0 spiro atoms. The number of nitrogens with one attached hydrogen (secondary N) is 1. The van der Waals surface area contributed by atoms with Crippen molar-refractivity contribution in [3.8, 4) is 5.75 Å². The molecule has 0 bridgehead atoms. The summed E-state index contributed by atoms with van der Waals surface area (Å²) in [5.41, 5.74) is 2.62. The monoisotopic (exact) mass is 305 g/mol. The van der Waals surface area contributed by atoms with E-state index in [4.69, 9.17) is 21.4 Å². The first-order valence-corrected chi connectivity index (χ1v) is 6.84. The molecule has 2 aromatic rings. The molecular weight excluding hydrogens is 290 g/mol. The number of benzene rings is 2. The zero-order valence-electron chi connectivity index (χ0n) is 11.6. The van der Waals surface area contributed by atoms with Crippen LogP contribution in [-0.2, 0) is 17.8 Å². The molecule has 2 aromatic carbocycles. The Kier molecular flexibility index (Phi) is 5.06. The molecule has 2 N–H and O–H groups in total. The highest BCUT2D eigenvalue weighted by atomic mass is 35.5. The maximum absolute atomic E-state index is 10.9. The number of anilines is 1. The van der Waals surface area contributed by atoms with Gasteiger partial charge in [-0.3, -0.25) is 4.79 Å². The molecule has 21 heavy (non-hydrogen) atoms. The highest BCUT2D eigenvalue weighted by Crippen LogP contribution is 2.27. The Balaban J connectivity index is 2.11. The summed E-state index contributed by atoms with van der Waals surface area (Å²) >= 11 is 5.98. The Morgan fingerprint density at radius 3 is 2.62 bits per heavy atom. The maximum atomic E-state index is 10.9. The average Bonchev–Trinajstić information content (AvgIpc) is 2.47. The minimum atomic E-state index is -0.837. The highest BCUT2D eigenvalue weighted by Gasteiger charge is 2.07. The van der Waals surface area contributed by atoms with Crippen LogP contribution in [0, 0.1) is 0 Å². The smallest absolute Gasteiger partial charge is 0.307 e. The lowest BCUT2D eigenvalue weighted by Crippen LogP contribution is -2.07. The van der Waals surface area contributed by atoms with Crippen molar-refractivity contribution >= 4 is 23.3 Å². The number of hydrogen-bond acceptors (Lipinski definition) is 3. The topological polar surface area (TPSA) is 58.6 Å². The van der Waals surface area contributed by atoms with E-state index in [1.807, 2.05) is 36.4 Å². The number of rotatable bonds is 6. The SMILES string of the molecule is COc1cc(NCc2ccccc2CC(=O)O)ccc1Cl. The normalized spacial score (nSPS) is 10.2. The third-order valence-electron chi connectivity index (χ3n) is 3.09. The van der Waals surface area contributed by atoms with Crippen molar-refractivity contribution in [1.29, 1.82) is 0 Å². The van der Waals surface area contributed by atoms with Crippen molar-refractivity contribution in [2.75, 3.05) is 12.4 Å². The summed E-state index contributed by atoms with van der Waals surface area (Å²) in [6.45, 7) is 0.536. The van der Waals surface area contributed by atoms with Crippen molar-refractivity contribution < 1.29 is 14.6 Å². The highest BCUT2D eigenvalue weighted by molar-refractivity contribution is 6.32. The number of hydrogen-bond donors (Lipinski definition) is 2. The summed E-state index contributed by atoms with van der Waals surface area (Å²) < 4.78 is 5.16. The Labute approximate surface area is 128 Å². The molecule has 0 amide bonds. The Bertz CT molecular complexity index is 643. The van der Waals surface area contributed by atoms with Gasteiger partial charge in [0.15, 0.2) is 0 Å². The zero-order chi connectivity index (χ0) is 15.2. The van der Waals surface area contributed by atoms with Gasteiger partial charge < -0.3 is 15.2 Å². The van der Waals surface area contributed by atoms with Gasteiger partial charge in [-0.25, -0.2) is 0 Å². The van der Waals surface area contributed by atoms with Crippen molar-refractivity contribution in [1.82, 2.24) is 0 Å². The molecule has 0 radical (unpaired) electrons. The first-order chi connectivity index (χ1) is 10.1. The quantitative estimate of drug-likeness (QED) is 0.856. The molecule has 0 fully saturated rings. The first kappa shape index (κ1) is 15.2. The summed E-state index contributed by atoms with van der Waals surface area (Å²) in [6.07, 6.45) is 0.0157. The van der Waals surface area contributed by atoms with Gasteiger partial charge in [-0.05, 0) is 23.3 Å². The van der Waals surface area contributed by atoms with Gasteiger partial charge in [-0.1, -0.05) is 35.9 Å². The predicted octanol–water partition coefficient (Wildman–Crippen LogP) is 3.59. The minimum absolute atomic E-state index is 0.0157. The van der Waals surface area contributed by atoms with E-state index in [1.54, 1.807) is 13.2 Å². The van der Waals surface area contributed by atoms with Crippen LogP contribution in [0.5, 0.6) is 5.75 Å². The number of carboxylic acid groups (broad SMARTS) is 1. The standard InChI is InChI=1S/C16H16ClNO3/c1-21-15-9-13(6-7-14(15)17)18-10-12-5-3-2-4-11(12)8-16(19)20/h2-7,9,18H,8,10H2,1H3,(H,19,20). The number of methoxy groups -OCH3 is 1.